The summed E-state index contributed by atoms with van der Waals surface area (Å²) < 4.78 is 13.2. The maximum atomic E-state index is 6.62. The van der Waals surface area contributed by atoms with Crippen LogP contribution in [0.5, 0.6) is 0 Å². The van der Waals surface area contributed by atoms with E-state index in [0.29, 0.717) is 0 Å². The third kappa shape index (κ3) is 5.42. The third-order valence-electron chi connectivity index (χ3n) is 13.9. The van der Waals surface area contributed by atoms with E-state index in [4.69, 9.17) is 8.83 Å². The minimum atomic E-state index is 0.907. The molecule has 0 spiro atoms. The number of para-hydroxylation sites is 4. The van der Waals surface area contributed by atoms with Gasteiger partial charge in [0.2, 0.25) is 0 Å². The Labute approximate surface area is 380 Å². The molecule has 2 heteroatoms. The molecule has 306 valence electrons. The molecule has 0 atom stereocenters. The Morgan fingerprint density at radius 1 is 0.182 bits per heavy atom. The van der Waals surface area contributed by atoms with Crippen LogP contribution in [0.25, 0.3) is 143 Å². The summed E-state index contributed by atoms with van der Waals surface area (Å²) in [5.74, 6) is 0. The van der Waals surface area contributed by atoms with Crippen molar-refractivity contribution in [3.63, 3.8) is 0 Å². The number of rotatable bonds is 5. The summed E-state index contributed by atoms with van der Waals surface area (Å²) in [4.78, 5) is 0. The topological polar surface area (TPSA) is 26.3 Å². The predicted molar refractivity (Wildman–Crippen MR) is 278 cm³/mol. The second-order valence-corrected chi connectivity index (χ2v) is 17.4. The van der Waals surface area contributed by atoms with Gasteiger partial charge < -0.3 is 8.83 Å². The van der Waals surface area contributed by atoms with Crippen LogP contribution in [0.4, 0.5) is 0 Å². The molecule has 12 aromatic carbocycles. The van der Waals surface area contributed by atoms with Crippen molar-refractivity contribution in [1.82, 2.24) is 0 Å². The highest BCUT2D eigenvalue weighted by molar-refractivity contribution is 6.26. The number of hydrogen-bond donors (Lipinski definition) is 0. The van der Waals surface area contributed by atoms with Crippen LogP contribution in [0.2, 0.25) is 0 Å². The molecule has 0 bridgehead atoms. The highest BCUT2D eigenvalue weighted by Crippen LogP contribution is 2.49. The van der Waals surface area contributed by atoms with Crippen molar-refractivity contribution in [3.05, 3.63) is 231 Å². The Hall–Kier alpha value is -8.72. The monoisotopic (exact) mass is 838 g/mol. The smallest absolute Gasteiger partial charge is 0.143 e. The summed E-state index contributed by atoms with van der Waals surface area (Å²) in [6, 6.07) is 83.4. The number of fused-ring (bicyclic) bond motifs is 10. The third-order valence-corrected chi connectivity index (χ3v) is 13.9. The molecule has 0 fully saturated rings. The normalized spacial score (nSPS) is 11.9. The fourth-order valence-corrected chi connectivity index (χ4v) is 11.0. The van der Waals surface area contributed by atoms with Crippen molar-refractivity contribution in [2.45, 2.75) is 0 Å². The molecule has 0 unspecified atom stereocenters. The lowest BCUT2D eigenvalue weighted by molar-refractivity contribution is 0.669. The Kier molecular flexibility index (Phi) is 8.02. The van der Waals surface area contributed by atoms with E-state index in [0.717, 1.165) is 55.0 Å². The molecule has 0 N–H and O–H groups in total. The minimum absolute atomic E-state index is 0.907. The van der Waals surface area contributed by atoms with Gasteiger partial charge in [0.15, 0.2) is 0 Å². The molecular weight excluding hydrogens is 801 g/mol. The van der Waals surface area contributed by atoms with Crippen LogP contribution in [-0.4, -0.2) is 0 Å². The highest BCUT2D eigenvalue weighted by Gasteiger charge is 2.22. The summed E-state index contributed by atoms with van der Waals surface area (Å²) in [5.41, 5.74) is 15.5. The Morgan fingerprint density at radius 2 is 0.439 bits per heavy atom. The van der Waals surface area contributed by atoms with Crippen molar-refractivity contribution in [1.29, 1.82) is 0 Å². The van der Waals surface area contributed by atoms with Gasteiger partial charge in [-0.2, -0.15) is 0 Å². The highest BCUT2D eigenvalue weighted by atomic mass is 16.3. The Morgan fingerprint density at radius 3 is 0.773 bits per heavy atom. The van der Waals surface area contributed by atoms with E-state index in [1.165, 1.54) is 87.6 Å². The molecule has 0 radical (unpaired) electrons. The van der Waals surface area contributed by atoms with E-state index in [2.05, 4.69) is 218 Å². The van der Waals surface area contributed by atoms with Gasteiger partial charge in [-0.15, -0.1) is 0 Å². The van der Waals surface area contributed by atoms with E-state index in [-0.39, 0.29) is 0 Å². The summed E-state index contributed by atoms with van der Waals surface area (Å²) in [6.07, 6.45) is 0. The lowest BCUT2D eigenvalue weighted by Gasteiger charge is -2.18. The first-order valence-electron chi connectivity index (χ1n) is 22.7. The van der Waals surface area contributed by atoms with Crippen LogP contribution >= 0.6 is 0 Å². The first-order chi connectivity index (χ1) is 32.8. The molecule has 2 nitrogen and oxygen atoms in total. The van der Waals surface area contributed by atoms with Crippen molar-refractivity contribution >= 4 is 87.0 Å². The standard InChI is InChI=1S/C64H38O2/c1-5-21-49-45(17-1)59(46-18-2-6-22-50(46)61(49)55-27-13-25-53-43-15-9-11-29-57(43)65-63(53)55)41-35-31-39(32-36-41)40-33-37-42(38-34-40)60-47-19-3-7-23-51(47)62(52-24-8-4-20-48(52)60)56-28-14-26-54-44-16-10-12-30-58(44)66-64(54)56/h1-38H. The molecule has 0 saturated heterocycles. The van der Waals surface area contributed by atoms with Crippen LogP contribution in [0.15, 0.2) is 239 Å². The van der Waals surface area contributed by atoms with Gasteiger partial charge in [-0.05, 0) is 88.6 Å². The van der Waals surface area contributed by atoms with Crippen LogP contribution in [0.3, 0.4) is 0 Å². The first kappa shape index (κ1) is 36.7. The quantitative estimate of drug-likeness (QED) is 0.161. The summed E-state index contributed by atoms with van der Waals surface area (Å²) in [7, 11) is 0. The summed E-state index contributed by atoms with van der Waals surface area (Å²) >= 11 is 0. The van der Waals surface area contributed by atoms with Crippen molar-refractivity contribution in [3.8, 4) is 55.6 Å². The molecule has 0 aliphatic rings. The van der Waals surface area contributed by atoms with Crippen LogP contribution in [-0.2, 0) is 0 Å². The number of hydrogen-bond acceptors (Lipinski definition) is 2. The van der Waals surface area contributed by atoms with Gasteiger partial charge in [-0.25, -0.2) is 0 Å². The Bertz CT molecular complexity index is 3870. The molecule has 66 heavy (non-hydrogen) atoms. The van der Waals surface area contributed by atoms with Crippen molar-refractivity contribution < 1.29 is 8.83 Å². The second kappa shape index (κ2) is 14.4. The van der Waals surface area contributed by atoms with E-state index >= 15 is 0 Å². The SMILES string of the molecule is c1ccc2c(c1)oc1c(-c3c4ccccc4c(-c4ccc(-c5ccc(-c6c7ccccc7c(-c7cccc8c7oc7ccccc78)c7ccccc67)cc5)cc4)c4ccccc34)cccc12. The largest absolute Gasteiger partial charge is 0.455 e. The maximum absolute atomic E-state index is 6.62. The first-order valence-corrected chi connectivity index (χ1v) is 22.7. The lowest BCUT2D eigenvalue weighted by atomic mass is 9.85. The van der Waals surface area contributed by atoms with E-state index < -0.39 is 0 Å². The lowest BCUT2D eigenvalue weighted by Crippen LogP contribution is -1.91. The van der Waals surface area contributed by atoms with E-state index in [1.54, 1.807) is 0 Å². The molecule has 2 aromatic heterocycles. The van der Waals surface area contributed by atoms with E-state index in [1.807, 2.05) is 12.1 Å². The predicted octanol–water partition coefficient (Wildman–Crippen LogP) is 18.4. The second-order valence-electron chi connectivity index (χ2n) is 17.4. The van der Waals surface area contributed by atoms with Gasteiger partial charge in [0.25, 0.3) is 0 Å². The molecule has 2 heterocycles. The van der Waals surface area contributed by atoms with Gasteiger partial charge >= 0.3 is 0 Å². The van der Waals surface area contributed by atoms with Gasteiger partial charge in [0.1, 0.15) is 22.3 Å². The minimum Gasteiger partial charge on any atom is -0.455 e. The average molecular weight is 839 g/mol. The average Bonchev–Trinajstić information content (AvgIpc) is 3.97. The number of benzene rings is 12. The maximum Gasteiger partial charge on any atom is 0.143 e. The molecule has 14 aromatic rings. The summed E-state index contributed by atoms with van der Waals surface area (Å²) in [6.45, 7) is 0. The summed E-state index contributed by atoms with van der Waals surface area (Å²) in [5, 5.41) is 14.3. The molecule has 0 aliphatic heterocycles. The molecular formula is C64H38O2. The van der Waals surface area contributed by atoms with Crippen LogP contribution < -0.4 is 0 Å². The van der Waals surface area contributed by atoms with Crippen molar-refractivity contribution in [2.75, 3.05) is 0 Å². The molecule has 14 rings (SSSR count). The van der Waals surface area contributed by atoms with Gasteiger partial charge in [0, 0.05) is 43.8 Å². The zero-order valence-corrected chi connectivity index (χ0v) is 35.8. The molecule has 0 amide bonds. The number of furan rings is 2. The molecule has 0 saturated carbocycles. The van der Waals surface area contributed by atoms with Crippen molar-refractivity contribution in [2.24, 2.45) is 0 Å². The fourth-order valence-electron chi connectivity index (χ4n) is 11.0. The van der Waals surface area contributed by atoms with Crippen LogP contribution in [0, 0.1) is 0 Å². The van der Waals surface area contributed by atoms with E-state index in [9.17, 15) is 0 Å². The fraction of sp³-hybridized carbons (Fsp3) is 0. The van der Waals surface area contributed by atoms with Gasteiger partial charge in [0.05, 0.1) is 0 Å². The zero-order chi connectivity index (χ0) is 43.3. The van der Waals surface area contributed by atoms with Gasteiger partial charge in [-0.1, -0.05) is 218 Å². The zero-order valence-electron chi connectivity index (χ0n) is 35.8. The van der Waals surface area contributed by atoms with Gasteiger partial charge in [-0.3, -0.25) is 0 Å². The molecule has 0 aliphatic carbocycles. The Balaban J connectivity index is 0.873. The van der Waals surface area contributed by atoms with Crippen LogP contribution in [0.1, 0.15) is 0 Å².